The standard InChI is InChI=1S/C20H41N/c1-18(14-16-20(5,6)7)21(8)17-13-11-9-10-12-15-19(2,3)4/h1,9-17H2,2-8H3. The number of rotatable bonds is 10. The van der Waals surface area contributed by atoms with Gasteiger partial charge < -0.3 is 4.90 Å². The van der Waals surface area contributed by atoms with Gasteiger partial charge in [0.1, 0.15) is 0 Å². The average molecular weight is 296 g/mol. The molecular formula is C20H41N. The van der Waals surface area contributed by atoms with Crippen LogP contribution >= 0.6 is 0 Å². The summed E-state index contributed by atoms with van der Waals surface area (Å²) in [6.45, 7) is 19.3. The molecule has 1 nitrogen and oxygen atoms in total. The molecule has 0 rings (SSSR count). The smallest absolute Gasteiger partial charge is 0.0171 e. The lowest BCUT2D eigenvalue weighted by Crippen LogP contribution is -2.19. The van der Waals surface area contributed by atoms with E-state index in [1.165, 1.54) is 57.2 Å². The van der Waals surface area contributed by atoms with Crippen LogP contribution in [0.3, 0.4) is 0 Å². The van der Waals surface area contributed by atoms with Gasteiger partial charge >= 0.3 is 0 Å². The van der Waals surface area contributed by atoms with E-state index in [2.05, 4.69) is 60.1 Å². The van der Waals surface area contributed by atoms with Crippen molar-refractivity contribution in [1.82, 2.24) is 4.90 Å². The number of unbranched alkanes of at least 4 members (excludes halogenated alkanes) is 4. The van der Waals surface area contributed by atoms with E-state index >= 15 is 0 Å². The summed E-state index contributed by atoms with van der Waals surface area (Å²) in [5, 5.41) is 0. The van der Waals surface area contributed by atoms with Crippen molar-refractivity contribution in [3.8, 4) is 0 Å². The van der Waals surface area contributed by atoms with E-state index in [9.17, 15) is 0 Å². The molecule has 0 heterocycles. The van der Waals surface area contributed by atoms with Crippen LogP contribution in [0.4, 0.5) is 0 Å². The van der Waals surface area contributed by atoms with Crippen LogP contribution in [-0.2, 0) is 0 Å². The number of nitrogens with zero attached hydrogens (tertiary/aromatic N) is 1. The molecule has 0 saturated heterocycles. The van der Waals surface area contributed by atoms with Crippen molar-refractivity contribution >= 4 is 0 Å². The van der Waals surface area contributed by atoms with Crippen LogP contribution in [0, 0.1) is 10.8 Å². The van der Waals surface area contributed by atoms with Crippen LogP contribution in [0.15, 0.2) is 12.3 Å². The summed E-state index contributed by atoms with van der Waals surface area (Å²) < 4.78 is 0. The molecule has 0 aliphatic carbocycles. The third kappa shape index (κ3) is 14.2. The Hall–Kier alpha value is -0.460. The maximum absolute atomic E-state index is 4.24. The monoisotopic (exact) mass is 295 g/mol. The minimum atomic E-state index is 0.414. The molecular weight excluding hydrogens is 254 g/mol. The minimum absolute atomic E-state index is 0.414. The number of allylic oxidation sites excluding steroid dienone is 1. The van der Waals surface area contributed by atoms with Crippen molar-refractivity contribution in [2.24, 2.45) is 10.8 Å². The van der Waals surface area contributed by atoms with Gasteiger partial charge in [-0.05, 0) is 36.5 Å². The van der Waals surface area contributed by atoms with E-state index in [1.807, 2.05) is 0 Å². The first-order valence-corrected chi connectivity index (χ1v) is 8.90. The molecule has 0 aliphatic rings. The topological polar surface area (TPSA) is 3.24 Å². The molecule has 0 aromatic carbocycles. The second kappa shape index (κ2) is 9.54. The van der Waals surface area contributed by atoms with Crippen molar-refractivity contribution < 1.29 is 0 Å². The molecule has 0 N–H and O–H groups in total. The number of hydrogen-bond donors (Lipinski definition) is 0. The fraction of sp³-hybridized carbons (Fsp3) is 0.900. The highest BCUT2D eigenvalue weighted by Gasteiger charge is 2.12. The summed E-state index contributed by atoms with van der Waals surface area (Å²) in [5.74, 6) is 0. The predicted octanol–water partition coefficient (Wildman–Crippen LogP) is 6.64. The minimum Gasteiger partial charge on any atom is -0.378 e. The van der Waals surface area contributed by atoms with Gasteiger partial charge in [0, 0.05) is 19.3 Å². The quantitative estimate of drug-likeness (QED) is 0.408. The van der Waals surface area contributed by atoms with Crippen molar-refractivity contribution in [2.75, 3.05) is 13.6 Å². The molecule has 0 fully saturated rings. The van der Waals surface area contributed by atoms with Gasteiger partial charge in [0.15, 0.2) is 0 Å². The zero-order valence-electron chi connectivity index (χ0n) is 16.0. The zero-order valence-corrected chi connectivity index (χ0v) is 16.0. The summed E-state index contributed by atoms with van der Waals surface area (Å²) >= 11 is 0. The molecule has 0 spiro atoms. The first-order valence-electron chi connectivity index (χ1n) is 8.90. The zero-order chi connectivity index (χ0) is 16.5. The van der Waals surface area contributed by atoms with Crippen LogP contribution in [-0.4, -0.2) is 18.5 Å². The molecule has 21 heavy (non-hydrogen) atoms. The Morgan fingerprint density at radius 3 is 1.76 bits per heavy atom. The van der Waals surface area contributed by atoms with E-state index in [0.717, 1.165) is 6.42 Å². The second-order valence-electron chi connectivity index (χ2n) is 9.13. The van der Waals surface area contributed by atoms with E-state index in [-0.39, 0.29) is 0 Å². The highest BCUT2D eigenvalue weighted by atomic mass is 15.1. The molecule has 0 aromatic heterocycles. The lowest BCUT2D eigenvalue weighted by Gasteiger charge is -2.25. The predicted molar refractivity (Wildman–Crippen MR) is 97.6 cm³/mol. The molecule has 0 radical (unpaired) electrons. The van der Waals surface area contributed by atoms with Crippen LogP contribution in [0.2, 0.25) is 0 Å². The second-order valence-corrected chi connectivity index (χ2v) is 9.13. The van der Waals surface area contributed by atoms with Crippen molar-refractivity contribution in [3.63, 3.8) is 0 Å². The lowest BCUT2D eigenvalue weighted by molar-refractivity contribution is 0.331. The molecule has 0 atom stereocenters. The molecule has 126 valence electrons. The Labute approximate surface area is 135 Å². The molecule has 0 unspecified atom stereocenters. The number of hydrogen-bond acceptors (Lipinski definition) is 1. The van der Waals surface area contributed by atoms with Gasteiger partial charge in [0.25, 0.3) is 0 Å². The lowest BCUT2D eigenvalue weighted by atomic mass is 9.89. The van der Waals surface area contributed by atoms with Crippen LogP contribution < -0.4 is 0 Å². The van der Waals surface area contributed by atoms with Gasteiger partial charge in [-0.15, -0.1) is 0 Å². The fourth-order valence-electron chi connectivity index (χ4n) is 2.40. The largest absolute Gasteiger partial charge is 0.378 e. The Kier molecular flexibility index (Phi) is 9.33. The van der Waals surface area contributed by atoms with Crippen molar-refractivity contribution in [1.29, 1.82) is 0 Å². The van der Waals surface area contributed by atoms with E-state index in [0.29, 0.717) is 10.8 Å². The summed E-state index contributed by atoms with van der Waals surface area (Å²) in [6, 6.07) is 0. The average Bonchev–Trinajstić information content (AvgIpc) is 2.32. The Balaban J connectivity index is 3.57. The molecule has 0 amide bonds. The van der Waals surface area contributed by atoms with Crippen LogP contribution in [0.25, 0.3) is 0 Å². The van der Waals surface area contributed by atoms with E-state index in [1.54, 1.807) is 0 Å². The van der Waals surface area contributed by atoms with Gasteiger partial charge in [0.05, 0.1) is 0 Å². The van der Waals surface area contributed by atoms with Crippen LogP contribution in [0.5, 0.6) is 0 Å². The maximum Gasteiger partial charge on any atom is 0.0171 e. The molecule has 1 heteroatoms. The third-order valence-corrected chi connectivity index (χ3v) is 4.12. The molecule has 0 aromatic rings. The first-order chi connectivity index (χ1) is 9.51. The summed E-state index contributed by atoms with van der Waals surface area (Å²) in [7, 11) is 2.20. The van der Waals surface area contributed by atoms with E-state index in [4.69, 9.17) is 0 Å². The van der Waals surface area contributed by atoms with Crippen molar-refractivity contribution in [3.05, 3.63) is 12.3 Å². The first kappa shape index (κ1) is 20.5. The normalized spacial score (nSPS) is 12.5. The van der Waals surface area contributed by atoms with Gasteiger partial charge in [0.2, 0.25) is 0 Å². The Morgan fingerprint density at radius 2 is 1.24 bits per heavy atom. The van der Waals surface area contributed by atoms with Gasteiger partial charge in [-0.3, -0.25) is 0 Å². The highest BCUT2D eigenvalue weighted by Crippen LogP contribution is 2.24. The van der Waals surface area contributed by atoms with Gasteiger partial charge in [-0.1, -0.05) is 73.8 Å². The summed E-state index contributed by atoms with van der Waals surface area (Å²) in [6.07, 6.45) is 10.6. The molecule has 0 aliphatic heterocycles. The van der Waals surface area contributed by atoms with Gasteiger partial charge in [-0.25, -0.2) is 0 Å². The molecule has 0 bridgehead atoms. The van der Waals surface area contributed by atoms with Crippen LogP contribution in [0.1, 0.15) is 92.9 Å². The Bertz CT molecular complexity index is 277. The highest BCUT2D eigenvalue weighted by molar-refractivity contribution is 4.93. The third-order valence-electron chi connectivity index (χ3n) is 4.12. The Morgan fingerprint density at radius 1 is 0.762 bits per heavy atom. The summed E-state index contributed by atoms with van der Waals surface area (Å²) in [4.78, 5) is 2.36. The van der Waals surface area contributed by atoms with Gasteiger partial charge in [-0.2, -0.15) is 0 Å². The molecule has 0 saturated carbocycles. The summed E-state index contributed by atoms with van der Waals surface area (Å²) in [5.41, 5.74) is 2.22. The fourth-order valence-corrected chi connectivity index (χ4v) is 2.40. The van der Waals surface area contributed by atoms with E-state index < -0.39 is 0 Å². The maximum atomic E-state index is 4.24. The SMILES string of the molecule is C=C(CCC(C)(C)C)N(C)CCCCCCCC(C)(C)C. The van der Waals surface area contributed by atoms with Crippen molar-refractivity contribution in [2.45, 2.75) is 92.9 Å².